The quantitative estimate of drug-likeness (QED) is 0.246. The highest BCUT2D eigenvalue weighted by Gasteiger charge is 2.37. The molecule has 0 heterocycles. The highest BCUT2D eigenvalue weighted by atomic mass is 32.2. The minimum absolute atomic E-state index is 0.0304. The molecule has 14 heteroatoms. The average molecular weight is 590 g/mol. The van der Waals surface area contributed by atoms with Gasteiger partial charge in [0, 0.05) is 22.6 Å². The molecule has 0 saturated carbocycles. The maximum Gasteiger partial charge on any atom is 0.416 e. The van der Waals surface area contributed by atoms with Crippen LogP contribution in [0.4, 0.5) is 47.8 Å². The molecule has 214 valence electrons. The zero-order valence-electron chi connectivity index (χ0n) is 20.8. The molecular formula is C26H22F7N3O3S. The van der Waals surface area contributed by atoms with E-state index in [1.54, 1.807) is 0 Å². The van der Waals surface area contributed by atoms with Crippen molar-refractivity contribution in [1.82, 2.24) is 0 Å². The van der Waals surface area contributed by atoms with Crippen LogP contribution in [-0.4, -0.2) is 22.7 Å². The lowest BCUT2D eigenvalue weighted by Gasteiger charge is -2.19. The van der Waals surface area contributed by atoms with Gasteiger partial charge in [-0.2, -0.15) is 26.3 Å². The molecule has 0 aliphatic carbocycles. The van der Waals surface area contributed by atoms with Crippen LogP contribution in [0, 0.1) is 5.41 Å². The number of amides is 2. The molecule has 3 N–H and O–H groups in total. The van der Waals surface area contributed by atoms with Gasteiger partial charge in [-0.25, -0.2) is 8.60 Å². The van der Waals surface area contributed by atoms with Gasteiger partial charge in [0.05, 0.1) is 21.4 Å². The summed E-state index contributed by atoms with van der Waals surface area (Å²) >= 11 is 0. The summed E-state index contributed by atoms with van der Waals surface area (Å²) in [4.78, 5) is 24.8. The number of anilines is 3. The number of rotatable bonds is 8. The van der Waals surface area contributed by atoms with Crippen LogP contribution in [0.2, 0.25) is 0 Å². The second-order valence-electron chi connectivity index (χ2n) is 9.20. The highest BCUT2D eigenvalue weighted by Crippen LogP contribution is 2.36. The first-order valence-electron chi connectivity index (χ1n) is 11.4. The predicted molar refractivity (Wildman–Crippen MR) is 136 cm³/mol. The molecule has 0 spiro atoms. The Hall–Kier alpha value is -3.94. The van der Waals surface area contributed by atoms with Gasteiger partial charge in [-0.15, -0.1) is 0 Å². The van der Waals surface area contributed by atoms with Crippen LogP contribution in [0.15, 0.2) is 71.6 Å². The van der Waals surface area contributed by atoms with Crippen molar-refractivity contribution in [2.24, 2.45) is 5.41 Å². The SMILES string of the molecule is CC(C)(CF)C(=O)Nc1ccc(NS(=O)c2cccc(NC(=O)c3cc(C(F)(F)F)cc(C(F)(F)F)c3)c2)cc1. The molecular weight excluding hydrogens is 567 g/mol. The fourth-order valence-corrected chi connectivity index (χ4v) is 4.03. The molecule has 0 aliphatic rings. The molecule has 1 unspecified atom stereocenters. The minimum Gasteiger partial charge on any atom is -0.326 e. The van der Waals surface area contributed by atoms with Crippen molar-refractivity contribution in [2.75, 3.05) is 22.0 Å². The Balaban J connectivity index is 1.73. The number of nitrogens with one attached hydrogen (secondary N) is 3. The van der Waals surface area contributed by atoms with Crippen LogP contribution in [-0.2, 0) is 28.1 Å². The lowest BCUT2D eigenvalue weighted by molar-refractivity contribution is -0.143. The first-order valence-corrected chi connectivity index (χ1v) is 12.5. The van der Waals surface area contributed by atoms with Crippen molar-refractivity contribution < 1.29 is 44.5 Å². The maximum atomic E-state index is 13.1. The molecule has 3 aromatic rings. The van der Waals surface area contributed by atoms with Gasteiger partial charge in [-0.3, -0.25) is 9.59 Å². The van der Waals surface area contributed by atoms with Crippen molar-refractivity contribution in [1.29, 1.82) is 0 Å². The number of carbonyl (C=O) groups excluding carboxylic acids is 2. The second kappa shape index (κ2) is 11.7. The molecule has 40 heavy (non-hydrogen) atoms. The summed E-state index contributed by atoms with van der Waals surface area (Å²) < 4.78 is 107. The third kappa shape index (κ3) is 7.81. The summed E-state index contributed by atoms with van der Waals surface area (Å²) in [5, 5.41) is 4.77. The number of alkyl halides is 7. The zero-order chi connectivity index (χ0) is 29.9. The smallest absolute Gasteiger partial charge is 0.326 e. The van der Waals surface area contributed by atoms with E-state index in [-0.39, 0.29) is 16.6 Å². The number of hydrogen-bond donors (Lipinski definition) is 3. The van der Waals surface area contributed by atoms with Crippen molar-refractivity contribution in [3.63, 3.8) is 0 Å². The predicted octanol–water partition coefficient (Wildman–Crippen LogP) is 7.05. The summed E-state index contributed by atoms with van der Waals surface area (Å²) in [5.41, 5.74) is -4.66. The van der Waals surface area contributed by atoms with Gasteiger partial charge in [0.2, 0.25) is 5.91 Å². The summed E-state index contributed by atoms with van der Waals surface area (Å²) in [6.45, 7) is 2.03. The lowest BCUT2D eigenvalue weighted by atomic mass is 9.94. The first-order chi connectivity index (χ1) is 18.5. The van der Waals surface area contributed by atoms with Crippen LogP contribution >= 0.6 is 0 Å². The van der Waals surface area contributed by atoms with E-state index < -0.39 is 63.9 Å². The van der Waals surface area contributed by atoms with Crippen LogP contribution in [0.1, 0.15) is 35.3 Å². The molecule has 0 fully saturated rings. The standard InChI is InChI=1S/C26H22F7N3O3S/c1-24(2,14-27)23(38)35-18-6-8-19(9-7-18)36-40(39)21-5-3-4-20(13-21)34-22(37)15-10-16(25(28,29)30)12-17(11-15)26(31,32)33/h3-13,36H,14H2,1-2H3,(H,34,37)(H,35,38). The van der Waals surface area contributed by atoms with Gasteiger partial charge in [0.1, 0.15) is 17.7 Å². The van der Waals surface area contributed by atoms with Crippen molar-refractivity contribution >= 4 is 39.9 Å². The molecule has 0 aromatic heterocycles. The van der Waals surface area contributed by atoms with Gasteiger partial charge in [0.15, 0.2) is 0 Å². The minimum atomic E-state index is -5.12. The number of hydrogen-bond acceptors (Lipinski definition) is 3. The number of benzene rings is 3. The number of halogens is 7. The van der Waals surface area contributed by atoms with Crippen LogP contribution in [0.3, 0.4) is 0 Å². The third-order valence-corrected chi connectivity index (χ3v) is 6.56. The molecule has 6 nitrogen and oxygen atoms in total. The highest BCUT2D eigenvalue weighted by molar-refractivity contribution is 7.86. The summed E-state index contributed by atoms with van der Waals surface area (Å²) in [6, 6.07) is 11.8. The van der Waals surface area contributed by atoms with Gasteiger partial charge in [-0.1, -0.05) is 6.07 Å². The Morgan fingerprint density at radius 1 is 0.750 bits per heavy atom. The second-order valence-corrected chi connectivity index (χ2v) is 10.4. The summed E-state index contributed by atoms with van der Waals surface area (Å²) in [6.07, 6.45) is -10.2. The van der Waals surface area contributed by atoms with E-state index in [1.165, 1.54) is 62.4 Å². The summed E-state index contributed by atoms with van der Waals surface area (Å²) in [5.74, 6) is -1.76. The molecule has 0 bridgehead atoms. The van der Waals surface area contributed by atoms with E-state index in [0.717, 1.165) is 0 Å². The van der Waals surface area contributed by atoms with Gasteiger partial charge >= 0.3 is 12.4 Å². The fraction of sp³-hybridized carbons (Fsp3) is 0.231. The van der Waals surface area contributed by atoms with Gasteiger partial charge < -0.3 is 15.4 Å². The molecule has 0 radical (unpaired) electrons. The van der Waals surface area contributed by atoms with Crippen molar-refractivity contribution in [3.05, 3.63) is 83.4 Å². The van der Waals surface area contributed by atoms with Crippen LogP contribution in [0.25, 0.3) is 0 Å². The average Bonchev–Trinajstić information content (AvgIpc) is 2.88. The normalized spacial score (nSPS) is 12.9. The molecule has 0 saturated heterocycles. The molecule has 3 rings (SSSR count). The van der Waals surface area contributed by atoms with E-state index in [9.17, 15) is 44.5 Å². The van der Waals surface area contributed by atoms with E-state index in [0.29, 0.717) is 23.5 Å². The fourth-order valence-electron chi connectivity index (χ4n) is 3.13. The Bertz CT molecular complexity index is 1390. The molecule has 1 atom stereocenters. The van der Waals surface area contributed by atoms with Crippen molar-refractivity contribution in [2.45, 2.75) is 31.1 Å². The monoisotopic (exact) mass is 589 g/mol. The van der Waals surface area contributed by atoms with E-state index in [2.05, 4.69) is 15.4 Å². The van der Waals surface area contributed by atoms with Gasteiger partial charge in [-0.05, 0) is 74.5 Å². The Kier molecular flexibility index (Phi) is 8.92. The van der Waals surface area contributed by atoms with E-state index in [4.69, 9.17) is 0 Å². The molecule has 2 amide bonds. The largest absolute Gasteiger partial charge is 0.416 e. The van der Waals surface area contributed by atoms with Crippen molar-refractivity contribution in [3.8, 4) is 0 Å². The van der Waals surface area contributed by atoms with E-state index >= 15 is 0 Å². The number of carbonyl (C=O) groups is 2. The topological polar surface area (TPSA) is 87.3 Å². The van der Waals surface area contributed by atoms with E-state index in [1.807, 2.05) is 0 Å². The van der Waals surface area contributed by atoms with Crippen LogP contribution in [0.5, 0.6) is 0 Å². The first kappa shape index (κ1) is 30.6. The third-order valence-electron chi connectivity index (χ3n) is 5.46. The molecule has 3 aromatic carbocycles. The molecule has 0 aliphatic heterocycles. The maximum absolute atomic E-state index is 13.1. The lowest BCUT2D eigenvalue weighted by Crippen LogP contribution is -2.32. The van der Waals surface area contributed by atoms with Crippen LogP contribution < -0.4 is 15.4 Å². The Labute approximate surface area is 226 Å². The Morgan fingerprint density at radius 3 is 1.82 bits per heavy atom. The zero-order valence-corrected chi connectivity index (χ0v) is 21.7. The Morgan fingerprint density at radius 2 is 1.30 bits per heavy atom. The van der Waals surface area contributed by atoms with Gasteiger partial charge in [0.25, 0.3) is 5.91 Å². The summed E-state index contributed by atoms with van der Waals surface area (Å²) in [7, 11) is -1.90.